The highest BCUT2D eigenvalue weighted by atomic mass is 35.5. The van der Waals surface area contributed by atoms with Crippen LogP contribution in [0.3, 0.4) is 0 Å². The number of aliphatic hydroxyl groups excluding tert-OH is 1. The van der Waals surface area contributed by atoms with E-state index in [9.17, 15) is 5.11 Å². The zero-order valence-corrected chi connectivity index (χ0v) is 16.5. The van der Waals surface area contributed by atoms with Gasteiger partial charge in [-0.3, -0.25) is 0 Å². The van der Waals surface area contributed by atoms with E-state index in [4.69, 9.17) is 21.6 Å². The van der Waals surface area contributed by atoms with Crippen LogP contribution in [0.25, 0.3) is 10.9 Å². The quantitative estimate of drug-likeness (QED) is 0.468. The van der Waals surface area contributed by atoms with E-state index in [1.807, 2.05) is 30.5 Å². The van der Waals surface area contributed by atoms with Crippen molar-refractivity contribution in [1.29, 1.82) is 5.26 Å². The van der Waals surface area contributed by atoms with Gasteiger partial charge in [-0.2, -0.15) is 5.26 Å². The summed E-state index contributed by atoms with van der Waals surface area (Å²) in [6, 6.07) is 15.5. The highest BCUT2D eigenvalue weighted by Crippen LogP contribution is 2.28. The molecule has 3 aromatic rings. The Morgan fingerprint density at radius 3 is 2.89 bits per heavy atom. The van der Waals surface area contributed by atoms with Gasteiger partial charge in [-0.15, -0.1) is 0 Å². The standard InChI is InChI=1S/C22H24ClN3O2/c1-15(25-14-20(27)16-5-2-6-18(23)12-16)11-17-13-26-22-19(17)7-3-8-21(22)28-10-4-9-24/h2-3,5-8,12-13,15,20,25-27H,4,10-11,14H2,1H3/t15?,20-/m0/s1. The van der Waals surface area contributed by atoms with Crippen LogP contribution in [-0.2, 0) is 6.42 Å². The third-order valence-corrected chi connectivity index (χ3v) is 4.89. The van der Waals surface area contributed by atoms with E-state index in [1.54, 1.807) is 12.1 Å². The first kappa shape index (κ1) is 20.2. The number of aromatic nitrogens is 1. The number of aromatic amines is 1. The summed E-state index contributed by atoms with van der Waals surface area (Å²) < 4.78 is 5.70. The van der Waals surface area contributed by atoms with Crippen LogP contribution < -0.4 is 10.1 Å². The van der Waals surface area contributed by atoms with Crippen molar-refractivity contribution < 1.29 is 9.84 Å². The molecule has 2 aromatic carbocycles. The number of rotatable bonds is 9. The molecule has 0 saturated heterocycles. The molecule has 0 fully saturated rings. The summed E-state index contributed by atoms with van der Waals surface area (Å²) in [4.78, 5) is 3.29. The molecule has 0 radical (unpaired) electrons. The molecular weight excluding hydrogens is 374 g/mol. The molecule has 1 aromatic heterocycles. The molecule has 1 heterocycles. The lowest BCUT2D eigenvalue weighted by Crippen LogP contribution is -2.32. The number of hydrogen-bond donors (Lipinski definition) is 3. The Morgan fingerprint density at radius 2 is 2.11 bits per heavy atom. The first-order chi connectivity index (χ1) is 13.6. The van der Waals surface area contributed by atoms with Gasteiger partial charge in [0.25, 0.3) is 0 Å². The lowest BCUT2D eigenvalue weighted by atomic mass is 10.0. The molecule has 5 nitrogen and oxygen atoms in total. The number of ether oxygens (including phenoxy) is 1. The number of fused-ring (bicyclic) bond motifs is 1. The first-order valence-electron chi connectivity index (χ1n) is 9.34. The number of nitrogens with one attached hydrogen (secondary N) is 2. The molecule has 0 aliphatic heterocycles. The number of nitrogens with zero attached hydrogens (tertiary/aromatic N) is 1. The SMILES string of the molecule is CC(Cc1c[nH]c2c(OCCC#N)cccc12)NC[C@H](O)c1cccc(Cl)c1. The zero-order chi connectivity index (χ0) is 19.9. The van der Waals surface area contributed by atoms with Gasteiger partial charge in [0.2, 0.25) is 0 Å². The van der Waals surface area contributed by atoms with Crippen molar-refractivity contribution in [3.8, 4) is 11.8 Å². The second-order valence-corrected chi connectivity index (χ2v) is 7.27. The van der Waals surface area contributed by atoms with Crippen molar-refractivity contribution in [2.45, 2.75) is 31.9 Å². The van der Waals surface area contributed by atoms with Crippen LogP contribution in [-0.4, -0.2) is 29.3 Å². The number of hydrogen-bond acceptors (Lipinski definition) is 4. The summed E-state index contributed by atoms with van der Waals surface area (Å²) in [6.07, 6.45) is 2.56. The Morgan fingerprint density at radius 1 is 1.29 bits per heavy atom. The summed E-state index contributed by atoms with van der Waals surface area (Å²) >= 11 is 5.99. The van der Waals surface area contributed by atoms with Crippen molar-refractivity contribution in [2.75, 3.05) is 13.2 Å². The van der Waals surface area contributed by atoms with E-state index in [0.29, 0.717) is 24.6 Å². The highest BCUT2D eigenvalue weighted by Gasteiger charge is 2.13. The van der Waals surface area contributed by atoms with Gasteiger partial charge in [-0.25, -0.2) is 0 Å². The molecule has 0 bridgehead atoms. The predicted octanol–water partition coefficient (Wildman–Crippen LogP) is 4.37. The summed E-state index contributed by atoms with van der Waals surface area (Å²) in [5.74, 6) is 0.760. The van der Waals surface area contributed by atoms with Crippen LogP contribution in [0, 0.1) is 11.3 Å². The second-order valence-electron chi connectivity index (χ2n) is 6.83. The van der Waals surface area contributed by atoms with Gasteiger partial charge in [0.05, 0.1) is 24.1 Å². The Hall–Kier alpha value is -2.52. The fourth-order valence-electron chi connectivity index (χ4n) is 3.23. The third-order valence-electron chi connectivity index (χ3n) is 4.65. The molecule has 6 heteroatoms. The molecular formula is C22H24ClN3O2. The lowest BCUT2D eigenvalue weighted by molar-refractivity contribution is 0.170. The fourth-order valence-corrected chi connectivity index (χ4v) is 3.43. The molecule has 146 valence electrons. The van der Waals surface area contributed by atoms with E-state index in [0.717, 1.165) is 28.6 Å². The average Bonchev–Trinajstić information content (AvgIpc) is 3.10. The minimum absolute atomic E-state index is 0.177. The number of H-pyrrole nitrogens is 1. The van der Waals surface area contributed by atoms with Gasteiger partial charge < -0.3 is 20.1 Å². The second kappa shape index (κ2) is 9.61. The molecule has 28 heavy (non-hydrogen) atoms. The van der Waals surface area contributed by atoms with Gasteiger partial charge in [0.15, 0.2) is 0 Å². The minimum atomic E-state index is -0.607. The molecule has 0 saturated carbocycles. The first-order valence-corrected chi connectivity index (χ1v) is 9.72. The maximum absolute atomic E-state index is 10.4. The number of para-hydroxylation sites is 1. The molecule has 3 N–H and O–H groups in total. The topological polar surface area (TPSA) is 81.1 Å². The fraction of sp³-hybridized carbons (Fsp3) is 0.318. The smallest absolute Gasteiger partial charge is 0.143 e. The molecule has 0 aliphatic carbocycles. The molecule has 0 aliphatic rings. The summed E-state index contributed by atoms with van der Waals surface area (Å²) in [5, 5.41) is 24.1. The van der Waals surface area contributed by atoms with Crippen LogP contribution in [0.15, 0.2) is 48.7 Å². The van der Waals surface area contributed by atoms with Crippen LogP contribution >= 0.6 is 11.6 Å². The van der Waals surface area contributed by atoms with Crippen molar-refractivity contribution >= 4 is 22.5 Å². The van der Waals surface area contributed by atoms with Gasteiger partial charge in [0, 0.05) is 29.2 Å². The van der Waals surface area contributed by atoms with Gasteiger partial charge >= 0.3 is 0 Å². The molecule has 1 unspecified atom stereocenters. The van der Waals surface area contributed by atoms with Gasteiger partial charge in [-0.1, -0.05) is 35.9 Å². The van der Waals surface area contributed by atoms with Gasteiger partial charge in [0.1, 0.15) is 12.4 Å². The average molecular weight is 398 g/mol. The molecule has 0 amide bonds. The predicted molar refractivity (Wildman–Crippen MR) is 112 cm³/mol. The van der Waals surface area contributed by atoms with Crippen molar-refractivity contribution in [2.24, 2.45) is 0 Å². The summed E-state index contributed by atoms with van der Waals surface area (Å²) in [6.45, 7) is 2.92. The Labute approximate surface area is 169 Å². The van der Waals surface area contributed by atoms with E-state index in [-0.39, 0.29) is 6.04 Å². The van der Waals surface area contributed by atoms with Crippen LogP contribution in [0.5, 0.6) is 5.75 Å². The number of aliphatic hydroxyl groups is 1. The highest BCUT2D eigenvalue weighted by molar-refractivity contribution is 6.30. The van der Waals surface area contributed by atoms with E-state index in [1.165, 1.54) is 5.56 Å². The maximum Gasteiger partial charge on any atom is 0.143 e. The molecule has 2 atom stereocenters. The molecule has 3 rings (SSSR count). The Balaban J connectivity index is 1.61. The van der Waals surface area contributed by atoms with Crippen molar-refractivity contribution in [3.05, 3.63) is 64.8 Å². The van der Waals surface area contributed by atoms with E-state index >= 15 is 0 Å². The number of halogens is 1. The summed E-state index contributed by atoms with van der Waals surface area (Å²) in [5.41, 5.74) is 2.93. The Kier molecular flexibility index (Phi) is 6.94. The monoisotopic (exact) mass is 397 g/mol. The zero-order valence-electron chi connectivity index (χ0n) is 15.8. The van der Waals surface area contributed by atoms with Crippen LogP contribution in [0.4, 0.5) is 0 Å². The van der Waals surface area contributed by atoms with E-state index < -0.39 is 6.10 Å². The normalized spacial score (nSPS) is 13.2. The Bertz CT molecular complexity index is 964. The summed E-state index contributed by atoms with van der Waals surface area (Å²) in [7, 11) is 0. The minimum Gasteiger partial charge on any atom is -0.490 e. The van der Waals surface area contributed by atoms with Crippen molar-refractivity contribution in [3.63, 3.8) is 0 Å². The number of nitriles is 1. The van der Waals surface area contributed by atoms with Gasteiger partial charge in [-0.05, 0) is 42.7 Å². The van der Waals surface area contributed by atoms with Crippen molar-refractivity contribution in [1.82, 2.24) is 10.3 Å². The third kappa shape index (κ3) is 5.05. The lowest BCUT2D eigenvalue weighted by Gasteiger charge is -2.17. The molecule has 0 spiro atoms. The van der Waals surface area contributed by atoms with Crippen LogP contribution in [0.2, 0.25) is 5.02 Å². The maximum atomic E-state index is 10.4. The van der Waals surface area contributed by atoms with E-state index in [2.05, 4.69) is 29.4 Å². The number of benzene rings is 2. The van der Waals surface area contributed by atoms with Crippen LogP contribution in [0.1, 0.15) is 30.6 Å². The largest absolute Gasteiger partial charge is 0.490 e.